The molecule has 0 aliphatic rings. The highest BCUT2D eigenvalue weighted by molar-refractivity contribution is 7.89. The fourth-order valence-electron chi connectivity index (χ4n) is 2.72. The third kappa shape index (κ3) is 3.57. The van der Waals surface area contributed by atoms with Crippen LogP contribution in [0.25, 0.3) is 10.9 Å². The number of aromatic amines is 1. The van der Waals surface area contributed by atoms with E-state index in [4.69, 9.17) is 0 Å². The molecule has 0 spiro atoms. The predicted octanol–water partition coefficient (Wildman–Crippen LogP) is 2.48. The Bertz CT molecular complexity index is 1010. The van der Waals surface area contributed by atoms with Gasteiger partial charge in [0, 0.05) is 23.6 Å². The van der Waals surface area contributed by atoms with Crippen molar-refractivity contribution >= 4 is 26.9 Å². The molecule has 7 heteroatoms. The number of sulfonamides is 1. The number of carbonyl (C=O) groups excluding carboxylic acids is 1. The highest BCUT2D eigenvalue weighted by Crippen LogP contribution is 2.19. The number of hydrogen-bond acceptors (Lipinski definition) is 4. The highest BCUT2D eigenvalue weighted by Gasteiger charge is 2.22. The number of H-pyrrole nitrogens is 1. The minimum atomic E-state index is -3.81. The molecule has 1 heterocycles. The quantitative estimate of drug-likeness (QED) is 0.663. The van der Waals surface area contributed by atoms with Crippen LogP contribution in [0.15, 0.2) is 59.6 Å². The van der Waals surface area contributed by atoms with E-state index >= 15 is 0 Å². The summed E-state index contributed by atoms with van der Waals surface area (Å²) in [6.45, 7) is 0.222. The van der Waals surface area contributed by atoms with Crippen LogP contribution in [0, 0.1) is 0 Å². The molecule has 0 amide bonds. The van der Waals surface area contributed by atoms with Crippen LogP contribution in [-0.4, -0.2) is 33.0 Å². The lowest BCUT2D eigenvalue weighted by Crippen LogP contribution is -2.27. The molecule has 0 atom stereocenters. The van der Waals surface area contributed by atoms with Gasteiger partial charge in [-0.15, -0.1) is 0 Å². The van der Waals surface area contributed by atoms with Crippen molar-refractivity contribution in [2.75, 3.05) is 13.7 Å². The Balaban J connectivity index is 1.76. The van der Waals surface area contributed by atoms with Gasteiger partial charge in [-0.3, -0.25) is 0 Å². The minimum Gasteiger partial charge on any atom is -0.465 e. The van der Waals surface area contributed by atoms with Crippen molar-refractivity contribution < 1.29 is 17.9 Å². The van der Waals surface area contributed by atoms with Crippen molar-refractivity contribution in [3.8, 4) is 0 Å². The topological polar surface area (TPSA) is 88.3 Å². The highest BCUT2D eigenvalue weighted by atomic mass is 32.2. The van der Waals surface area contributed by atoms with Gasteiger partial charge in [0.1, 0.15) is 0 Å². The second kappa shape index (κ2) is 7.08. The molecule has 6 nitrogen and oxygen atoms in total. The second-order valence-corrected chi connectivity index (χ2v) is 7.23. The van der Waals surface area contributed by atoms with Crippen LogP contribution < -0.4 is 4.72 Å². The normalized spacial score (nSPS) is 11.6. The molecule has 0 bridgehead atoms. The Hall–Kier alpha value is -2.64. The minimum absolute atomic E-state index is 0.0181. The van der Waals surface area contributed by atoms with E-state index < -0.39 is 16.0 Å². The van der Waals surface area contributed by atoms with Crippen LogP contribution >= 0.6 is 0 Å². The number of aromatic nitrogens is 1. The van der Waals surface area contributed by atoms with Crippen molar-refractivity contribution in [2.45, 2.75) is 11.3 Å². The smallest absolute Gasteiger partial charge is 0.339 e. The number of ether oxygens (including phenoxy) is 1. The maximum absolute atomic E-state index is 12.5. The summed E-state index contributed by atoms with van der Waals surface area (Å²) >= 11 is 0. The van der Waals surface area contributed by atoms with Gasteiger partial charge in [-0.1, -0.05) is 30.3 Å². The van der Waals surface area contributed by atoms with E-state index in [2.05, 4.69) is 14.4 Å². The molecule has 0 saturated heterocycles. The number of benzene rings is 2. The Kier molecular flexibility index (Phi) is 4.87. The standard InChI is InChI=1S/C18H18N2O4S/c1-24-18(21)15-7-3-5-9-17(15)25(22,23)20-11-10-13-12-19-16-8-4-2-6-14(13)16/h2-9,12,19-20H,10-11H2,1H3. The van der Waals surface area contributed by atoms with Crippen LogP contribution in [-0.2, 0) is 21.2 Å². The molecule has 130 valence electrons. The van der Waals surface area contributed by atoms with Crippen molar-refractivity contribution in [2.24, 2.45) is 0 Å². The maximum atomic E-state index is 12.5. The van der Waals surface area contributed by atoms with Gasteiger partial charge in [-0.25, -0.2) is 17.9 Å². The molecule has 2 N–H and O–H groups in total. The molecular weight excluding hydrogens is 340 g/mol. The zero-order valence-corrected chi connectivity index (χ0v) is 14.5. The van der Waals surface area contributed by atoms with Gasteiger partial charge in [0.2, 0.25) is 10.0 Å². The third-order valence-corrected chi connectivity index (χ3v) is 5.46. The molecule has 0 aliphatic carbocycles. The number of rotatable bonds is 6. The van der Waals surface area contributed by atoms with Gasteiger partial charge in [-0.05, 0) is 30.2 Å². The number of fused-ring (bicyclic) bond motifs is 1. The molecule has 0 fully saturated rings. The first kappa shape index (κ1) is 17.2. The summed E-state index contributed by atoms with van der Waals surface area (Å²) in [6.07, 6.45) is 2.41. The van der Waals surface area contributed by atoms with Crippen molar-refractivity contribution in [3.63, 3.8) is 0 Å². The zero-order valence-electron chi connectivity index (χ0n) is 13.7. The SMILES string of the molecule is COC(=O)c1ccccc1S(=O)(=O)NCCc1c[nH]c2ccccc12. The Morgan fingerprint density at radius 2 is 1.84 bits per heavy atom. The van der Waals surface area contributed by atoms with Gasteiger partial charge in [-0.2, -0.15) is 0 Å². The first-order chi connectivity index (χ1) is 12.0. The Morgan fingerprint density at radius 1 is 1.12 bits per heavy atom. The van der Waals surface area contributed by atoms with E-state index in [0.717, 1.165) is 16.5 Å². The molecule has 0 unspecified atom stereocenters. The van der Waals surface area contributed by atoms with Crippen molar-refractivity contribution in [3.05, 3.63) is 65.9 Å². The van der Waals surface area contributed by atoms with E-state index in [9.17, 15) is 13.2 Å². The van der Waals surface area contributed by atoms with Crippen LogP contribution in [0.4, 0.5) is 0 Å². The van der Waals surface area contributed by atoms with Crippen molar-refractivity contribution in [1.29, 1.82) is 0 Å². The van der Waals surface area contributed by atoms with Gasteiger partial charge in [0.25, 0.3) is 0 Å². The fraction of sp³-hybridized carbons (Fsp3) is 0.167. The van der Waals surface area contributed by atoms with Crippen LogP contribution in [0.3, 0.4) is 0 Å². The van der Waals surface area contributed by atoms with Crippen LogP contribution in [0.5, 0.6) is 0 Å². The van der Waals surface area contributed by atoms with Gasteiger partial charge >= 0.3 is 5.97 Å². The first-order valence-corrected chi connectivity index (χ1v) is 9.23. The number of para-hydroxylation sites is 1. The molecular formula is C18H18N2O4S. The Morgan fingerprint density at radius 3 is 2.64 bits per heavy atom. The summed E-state index contributed by atoms with van der Waals surface area (Å²) in [5.41, 5.74) is 2.06. The summed E-state index contributed by atoms with van der Waals surface area (Å²) in [6, 6.07) is 13.8. The van der Waals surface area contributed by atoms with Crippen LogP contribution in [0.2, 0.25) is 0 Å². The van der Waals surface area contributed by atoms with E-state index in [1.165, 1.54) is 19.2 Å². The summed E-state index contributed by atoms with van der Waals surface area (Å²) in [5, 5.41) is 1.07. The lowest BCUT2D eigenvalue weighted by molar-refractivity contribution is 0.0596. The van der Waals surface area contributed by atoms with Crippen molar-refractivity contribution in [1.82, 2.24) is 9.71 Å². The number of methoxy groups -OCH3 is 1. The maximum Gasteiger partial charge on any atom is 0.339 e. The van der Waals surface area contributed by atoms with E-state index in [-0.39, 0.29) is 17.0 Å². The molecule has 25 heavy (non-hydrogen) atoms. The lowest BCUT2D eigenvalue weighted by atomic mass is 10.1. The number of hydrogen-bond donors (Lipinski definition) is 2. The molecule has 3 aromatic rings. The van der Waals surface area contributed by atoms with E-state index in [1.807, 2.05) is 30.5 Å². The van der Waals surface area contributed by atoms with Gasteiger partial charge in [0.15, 0.2) is 0 Å². The average Bonchev–Trinajstić information content (AvgIpc) is 3.04. The predicted molar refractivity (Wildman–Crippen MR) is 95.0 cm³/mol. The fourth-order valence-corrected chi connectivity index (χ4v) is 3.94. The Labute approximate surface area is 145 Å². The molecule has 0 aliphatic heterocycles. The summed E-state index contributed by atoms with van der Waals surface area (Å²) in [4.78, 5) is 14.8. The monoisotopic (exact) mass is 358 g/mol. The molecule has 3 rings (SSSR count). The van der Waals surface area contributed by atoms with Gasteiger partial charge < -0.3 is 9.72 Å². The largest absolute Gasteiger partial charge is 0.465 e. The zero-order chi connectivity index (χ0) is 17.9. The van der Waals surface area contributed by atoms with E-state index in [0.29, 0.717) is 6.42 Å². The molecule has 0 radical (unpaired) electrons. The lowest BCUT2D eigenvalue weighted by Gasteiger charge is -2.10. The second-order valence-electron chi connectivity index (χ2n) is 5.50. The third-order valence-electron chi connectivity index (χ3n) is 3.94. The number of carbonyl (C=O) groups is 1. The van der Waals surface area contributed by atoms with Crippen LogP contribution in [0.1, 0.15) is 15.9 Å². The number of nitrogens with one attached hydrogen (secondary N) is 2. The summed E-state index contributed by atoms with van der Waals surface area (Å²) in [7, 11) is -2.60. The molecule has 2 aromatic carbocycles. The molecule has 1 aromatic heterocycles. The summed E-state index contributed by atoms with van der Waals surface area (Å²) in [5.74, 6) is -0.683. The number of esters is 1. The van der Waals surface area contributed by atoms with Gasteiger partial charge in [0.05, 0.1) is 17.6 Å². The summed E-state index contributed by atoms with van der Waals surface area (Å²) < 4.78 is 32.3. The first-order valence-electron chi connectivity index (χ1n) is 7.75. The average molecular weight is 358 g/mol. The molecule has 0 saturated carbocycles. The van der Waals surface area contributed by atoms with E-state index in [1.54, 1.807) is 12.1 Å².